The zero-order chi connectivity index (χ0) is 13.5. The Morgan fingerprint density at radius 3 is 2.85 bits per heavy atom. The van der Waals surface area contributed by atoms with Gasteiger partial charge in [-0.3, -0.25) is 4.90 Å². The van der Waals surface area contributed by atoms with E-state index >= 15 is 0 Å². The molecule has 0 fully saturated rings. The van der Waals surface area contributed by atoms with Crippen LogP contribution in [0.5, 0.6) is 0 Å². The quantitative estimate of drug-likeness (QED) is 0.789. The molecule has 0 saturated heterocycles. The molecule has 0 spiro atoms. The van der Waals surface area contributed by atoms with E-state index in [1.165, 1.54) is 0 Å². The van der Waals surface area contributed by atoms with Gasteiger partial charge in [0, 0.05) is 17.5 Å². The summed E-state index contributed by atoms with van der Waals surface area (Å²) in [7, 11) is 0. The lowest BCUT2D eigenvalue weighted by Gasteiger charge is -2.32. The normalized spacial score (nSPS) is 18.9. The molecule has 3 aliphatic rings. The summed E-state index contributed by atoms with van der Waals surface area (Å²) in [4.78, 5) is 11.0. The molecule has 0 aliphatic carbocycles. The predicted molar refractivity (Wildman–Crippen MR) is 81.1 cm³/mol. The van der Waals surface area contributed by atoms with Gasteiger partial charge in [-0.2, -0.15) is 0 Å². The van der Waals surface area contributed by atoms with Gasteiger partial charge in [0.25, 0.3) is 0 Å². The van der Waals surface area contributed by atoms with Crippen molar-refractivity contribution in [2.45, 2.75) is 0 Å². The second-order valence-electron chi connectivity index (χ2n) is 4.68. The van der Waals surface area contributed by atoms with Gasteiger partial charge in [0.05, 0.1) is 17.1 Å². The van der Waals surface area contributed by atoms with Crippen molar-refractivity contribution in [3.8, 4) is 0 Å². The Hall–Kier alpha value is -2.88. The molecular weight excluding hydrogens is 248 g/mol. The average molecular weight is 260 g/mol. The number of anilines is 1. The standard InChI is InChI=1S/C16H12N4/c17-14-7-2-1-6-13(14)15-10-12-5-3-4-11-8-9-18-16(19-15)20(11)12/h1-10H,17H2. The lowest BCUT2D eigenvalue weighted by atomic mass is 10.0. The van der Waals surface area contributed by atoms with E-state index in [1.807, 2.05) is 59.5 Å². The molecule has 4 heteroatoms. The number of aliphatic imine (C=N–C) groups is 2. The molecule has 0 atom stereocenters. The van der Waals surface area contributed by atoms with Crippen LogP contribution < -0.4 is 5.73 Å². The summed E-state index contributed by atoms with van der Waals surface area (Å²) in [5.41, 5.74) is 10.7. The smallest absolute Gasteiger partial charge is 0.235 e. The molecule has 0 radical (unpaired) electrons. The Balaban J connectivity index is 1.89. The van der Waals surface area contributed by atoms with Crippen LogP contribution in [0.1, 0.15) is 5.56 Å². The summed E-state index contributed by atoms with van der Waals surface area (Å²) in [5.74, 6) is 0.679. The maximum absolute atomic E-state index is 6.04. The van der Waals surface area contributed by atoms with Gasteiger partial charge < -0.3 is 5.73 Å². The highest BCUT2D eigenvalue weighted by Crippen LogP contribution is 2.29. The minimum absolute atomic E-state index is 0.679. The minimum Gasteiger partial charge on any atom is -0.398 e. The Kier molecular flexibility index (Phi) is 2.23. The molecular formula is C16H12N4. The maximum atomic E-state index is 6.04. The number of nitrogens with zero attached hydrogens (tertiary/aromatic N) is 3. The van der Waals surface area contributed by atoms with Crippen LogP contribution in [0.3, 0.4) is 0 Å². The van der Waals surface area contributed by atoms with Gasteiger partial charge in [-0.15, -0.1) is 0 Å². The molecule has 3 heterocycles. The van der Waals surface area contributed by atoms with E-state index in [0.717, 1.165) is 28.4 Å². The van der Waals surface area contributed by atoms with Crippen LogP contribution in [0.25, 0.3) is 0 Å². The summed E-state index contributed by atoms with van der Waals surface area (Å²) < 4.78 is 0. The van der Waals surface area contributed by atoms with E-state index in [1.54, 1.807) is 6.20 Å². The SMILES string of the molecule is Nc1ccccc1C1=NC2=NC=CC3=CC=CC(=C1)N32. The van der Waals surface area contributed by atoms with E-state index < -0.39 is 0 Å². The second kappa shape index (κ2) is 4.06. The summed E-state index contributed by atoms with van der Waals surface area (Å²) in [6, 6.07) is 7.74. The number of benzene rings is 1. The number of nitrogens with two attached hydrogens (primary N) is 1. The fraction of sp³-hybridized carbons (Fsp3) is 0. The molecule has 96 valence electrons. The number of hydrogen-bond donors (Lipinski definition) is 1. The molecule has 0 amide bonds. The largest absolute Gasteiger partial charge is 0.398 e. The van der Waals surface area contributed by atoms with E-state index in [2.05, 4.69) is 9.98 Å². The third-order valence-electron chi connectivity index (χ3n) is 3.43. The van der Waals surface area contributed by atoms with Crippen LogP contribution in [-0.4, -0.2) is 16.6 Å². The first-order chi connectivity index (χ1) is 9.83. The first-order valence-corrected chi connectivity index (χ1v) is 6.41. The van der Waals surface area contributed by atoms with Crippen molar-refractivity contribution >= 4 is 17.4 Å². The molecule has 0 unspecified atom stereocenters. The minimum atomic E-state index is 0.679. The van der Waals surface area contributed by atoms with Gasteiger partial charge in [-0.1, -0.05) is 24.3 Å². The van der Waals surface area contributed by atoms with Gasteiger partial charge >= 0.3 is 0 Å². The molecule has 0 saturated carbocycles. The molecule has 0 bridgehead atoms. The third kappa shape index (κ3) is 1.55. The lowest BCUT2D eigenvalue weighted by molar-refractivity contribution is 0.645. The summed E-state index contributed by atoms with van der Waals surface area (Å²) >= 11 is 0. The Morgan fingerprint density at radius 2 is 1.95 bits per heavy atom. The van der Waals surface area contributed by atoms with Gasteiger partial charge in [0.2, 0.25) is 5.96 Å². The van der Waals surface area contributed by atoms with Crippen molar-refractivity contribution in [3.05, 3.63) is 77.8 Å². The highest BCUT2D eigenvalue weighted by Gasteiger charge is 2.26. The number of guanidine groups is 1. The van der Waals surface area contributed by atoms with Gasteiger partial charge in [0.1, 0.15) is 0 Å². The van der Waals surface area contributed by atoms with Crippen molar-refractivity contribution in [1.82, 2.24) is 4.90 Å². The number of rotatable bonds is 1. The lowest BCUT2D eigenvalue weighted by Crippen LogP contribution is -2.34. The molecule has 4 rings (SSSR count). The number of hydrogen-bond acceptors (Lipinski definition) is 4. The first kappa shape index (κ1) is 11.0. The monoisotopic (exact) mass is 260 g/mol. The summed E-state index contributed by atoms with van der Waals surface area (Å²) in [6.45, 7) is 0. The van der Waals surface area contributed by atoms with Crippen LogP contribution in [0.2, 0.25) is 0 Å². The molecule has 1 aromatic carbocycles. The van der Waals surface area contributed by atoms with Crippen LogP contribution in [0.4, 0.5) is 5.69 Å². The Morgan fingerprint density at radius 1 is 1.05 bits per heavy atom. The fourth-order valence-electron chi connectivity index (χ4n) is 2.48. The van der Waals surface area contributed by atoms with Crippen molar-refractivity contribution in [2.24, 2.45) is 9.98 Å². The van der Waals surface area contributed by atoms with Crippen LogP contribution in [-0.2, 0) is 0 Å². The van der Waals surface area contributed by atoms with E-state index in [9.17, 15) is 0 Å². The van der Waals surface area contributed by atoms with Crippen molar-refractivity contribution in [3.63, 3.8) is 0 Å². The van der Waals surface area contributed by atoms with Crippen LogP contribution in [0, 0.1) is 0 Å². The summed E-state index contributed by atoms with van der Waals surface area (Å²) in [5, 5.41) is 0. The van der Waals surface area contributed by atoms with Gasteiger partial charge in [-0.25, -0.2) is 9.98 Å². The molecule has 4 nitrogen and oxygen atoms in total. The third-order valence-corrected chi connectivity index (χ3v) is 3.43. The van der Waals surface area contributed by atoms with E-state index in [-0.39, 0.29) is 0 Å². The molecule has 20 heavy (non-hydrogen) atoms. The Labute approximate surface area is 116 Å². The zero-order valence-corrected chi connectivity index (χ0v) is 10.7. The number of allylic oxidation sites excluding steroid dienone is 5. The van der Waals surface area contributed by atoms with Crippen molar-refractivity contribution in [2.75, 3.05) is 5.73 Å². The second-order valence-corrected chi connectivity index (χ2v) is 4.68. The number of para-hydroxylation sites is 1. The average Bonchev–Trinajstić information content (AvgIpc) is 2.48. The molecule has 2 N–H and O–H groups in total. The number of nitrogen functional groups attached to an aromatic ring is 1. The zero-order valence-electron chi connectivity index (χ0n) is 10.7. The molecule has 3 aliphatic heterocycles. The topological polar surface area (TPSA) is 54.0 Å². The van der Waals surface area contributed by atoms with E-state index in [4.69, 9.17) is 5.73 Å². The van der Waals surface area contributed by atoms with Crippen molar-refractivity contribution in [1.29, 1.82) is 0 Å². The van der Waals surface area contributed by atoms with Crippen molar-refractivity contribution < 1.29 is 0 Å². The predicted octanol–water partition coefficient (Wildman–Crippen LogP) is 2.59. The van der Waals surface area contributed by atoms with Crippen LogP contribution >= 0.6 is 0 Å². The first-order valence-electron chi connectivity index (χ1n) is 6.41. The van der Waals surface area contributed by atoms with Gasteiger partial charge in [0.15, 0.2) is 0 Å². The fourth-order valence-corrected chi connectivity index (χ4v) is 2.48. The maximum Gasteiger partial charge on any atom is 0.235 e. The highest BCUT2D eigenvalue weighted by molar-refractivity contribution is 6.18. The summed E-state index contributed by atoms with van der Waals surface area (Å²) in [6.07, 6.45) is 11.9. The Bertz CT molecular complexity index is 773. The molecule has 0 aromatic heterocycles. The van der Waals surface area contributed by atoms with E-state index in [0.29, 0.717) is 5.96 Å². The highest BCUT2D eigenvalue weighted by atomic mass is 15.3. The van der Waals surface area contributed by atoms with Gasteiger partial charge in [-0.05, 0) is 30.4 Å². The van der Waals surface area contributed by atoms with Crippen LogP contribution in [0.15, 0.2) is 82.2 Å². The molecule has 1 aromatic rings.